The second-order valence-electron chi connectivity index (χ2n) is 5.72. The molecule has 1 aromatic heterocycles. The Morgan fingerprint density at radius 1 is 1.14 bits per heavy atom. The molecule has 0 bridgehead atoms. The normalized spacial score (nSPS) is 10.7. The molecule has 0 aliphatic rings. The minimum atomic E-state index is 0.0872. The first-order valence-electron chi connectivity index (χ1n) is 7.41. The Labute approximate surface area is 127 Å². The largest absolute Gasteiger partial charge is 0.355 e. The molecule has 1 N–H and O–H groups in total. The molecular weight excluding hydrogens is 260 g/mol. The summed E-state index contributed by atoms with van der Waals surface area (Å²) in [6.45, 7) is 6.96. The molecule has 1 aromatic carbocycles. The minimum Gasteiger partial charge on any atom is -0.355 e. The first kappa shape index (κ1) is 15.4. The van der Waals surface area contributed by atoms with Gasteiger partial charge in [0.15, 0.2) is 0 Å². The van der Waals surface area contributed by atoms with Gasteiger partial charge in [-0.2, -0.15) is 0 Å². The third-order valence-corrected chi connectivity index (χ3v) is 4.08. The summed E-state index contributed by atoms with van der Waals surface area (Å²) in [5.41, 5.74) is 6.12. The summed E-state index contributed by atoms with van der Waals surface area (Å²) in [6.07, 6.45) is 1.33. The quantitative estimate of drug-likeness (QED) is 0.900. The number of hydrogen-bond acceptors (Lipinski definition) is 1. The van der Waals surface area contributed by atoms with Crippen LogP contribution in [0.15, 0.2) is 30.3 Å². The number of aromatic nitrogens is 1. The van der Waals surface area contributed by atoms with Crippen molar-refractivity contribution in [3.05, 3.63) is 58.4 Å². The van der Waals surface area contributed by atoms with Crippen LogP contribution in [0.25, 0.3) is 0 Å². The molecule has 0 unspecified atom stereocenters. The van der Waals surface area contributed by atoms with E-state index in [4.69, 9.17) is 0 Å². The molecule has 1 amide bonds. The van der Waals surface area contributed by atoms with Gasteiger partial charge in [-0.05, 0) is 44.4 Å². The highest BCUT2D eigenvalue weighted by atomic mass is 16.1. The van der Waals surface area contributed by atoms with Crippen LogP contribution in [0.1, 0.15) is 28.1 Å². The third-order valence-electron chi connectivity index (χ3n) is 4.08. The van der Waals surface area contributed by atoms with E-state index in [2.05, 4.69) is 36.8 Å². The Hall–Kier alpha value is -2.03. The number of carbonyl (C=O) groups excluding carboxylic acids is 1. The summed E-state index contributed by atoms with van der Waals surface area (Å²) in [4.78, 5) is 11.9. The van der Waals surface area contributed by atoms with Gasteiger partial charge in [-0.15, -0.1) is 0 Å². The van der Waals surface area contributed by atoms with Gasteiger partial charge in [0, 0.05) is 25.0 Å². The van der Waals surface area contributed by atoms with Crippen LogP contribution in [-0.2, 0) is 24.7 Å². The second-order valence-corrected chi connectivity index (χ2v) is 5.72. The first-order valence-corrected chi connectivity index (χ1v) is 7.41. The molecule has 0 aliphatic carbocycles. The van der Waals surface area contributed by atoms with Gasteiger partial charge < -0.3 is 9.88 Å². The molecule has 0 spiro atoms. The lowest BCUT2D eigenvalue weighted by molar-refractivity contribution is -0.120. The third kappa shape index (κ3) is 3.97. The maximum Gasteiger partial charge on any atom is 0.224 e. The number of carbonyl (C=O) groups is 1. The average Bonchev–Trinajstić information content (AvgIpc) is 2.69. The summed E-state index contributed by atoms with van der Waals surface area (Å²) in [5.74, 6) is 0.0872. The summed E-state index contributed by atoms with van der Waals surface area (Å²) >= 11 is 0. The van der Waals surface area contributed by atoms with Crippen LogP contribution in [0.2, 0.25) is 0 Å². The van der Waals surface area contributed by atoms with Gasteiger partial charge in [0.1, 0.15) is 0 Å². The number of nitrogens with zero attached hydrogens (tertiary/aromatic N) is 1. The molecule has 0 aliphatic heterocycles. The van der Waals surface area contributed by atoms with E-state index >= 15 is 0 Å². The van der Waals surface area contributed by atoms with E-state index in [9.17, 15) is 4.79 Å². The lowest BCUT2D eigenvalue weighted by Crippen LogP contribution is -2.27. The molecule has 0 radical (unpaired) electrons. The van der Waals surface area contributed by atoms with E-state index in [0.29, 0.717) is 13.0 Å². The van der Waals surface area contributed by atoms with Crippen LogP contribution in [0.4, 0.5) is 0 Å². The highest BCUT2D eigenvalue weighted by Gasteiger charge is 2.07. The van der Waals surface area contributed by atoms with Crippen molar-refractivity contribution >= 4 is 5.91 Å². The second kappa shape index (κ2) is 6.61. The number of amides is 1. The van der Waals surface area contributed by atoms with Crippen molar-refractivity contribution in [3.8, 4) is 0 Å². The highest BCUT2D eigenvalue weighted by molar-refractivity contribution is 5.78. The Morgan fingerprint density at radius 3 is 2.38 bits per heavy atom. The molecule has 3 heteroatoms. The first-order chi connectivity index (χ1) is 9.97. The smallest absolute Gasteiger partial charge is 0.224 e. The lowest BCUT2D eigenvalue weighted by Gasteiger charge is -2.06. The number of benzene rings is 1. The Balaban J connectivity index is 1.81. The van der Waals surface area contributed by atoms with Gasteiger partial charge in [0.25, 0.3) is 0 Å². The van der Waals surface area contributed by atoms with Crippen LogP contribution >= 0.6 is 0 Å². The fraction of sp³-hybridized carbons (Fsp3) is 0.389. The molecule has 0 fully saturated rings. The van der Waals surface area contributed by atoms with Gasteiger partial charge in [-0.3, -0.25) is 4.79 Å². The zero-order valence-corrected chi connectivity index (χ0v) is 13.4. The molecule has 21 heavy (non-hydrogen) atoms. The highest BCUT2D eigenvalue weighted by Crippen LogP contribution is 2.13. The van der Waals surface area contributed by atoms with Crippen LogP contribution in [0.3, 0.4) is 0 Å². The fourth-order valence-electron chi connectivity index (χ4n) is 2.48. The van der Waals surface area contributed by atoms with E-state index < -0.39 is 0 Å². The van der Waals surface area contributed by atoms with Crippen molar-refractivity contribution in [2.45, 2.75) is 33.6 Å². The molecule has 1 heterocycles. The Kier molecular flexibility index (Phi) is 4.84. The topological polar surface area (TPSA) is 34.0 Å². The van der Waals surface area contributed by atoms with Gasteiger partial charge in [-0.1, -0.05) is 29.8 Å². The Bertz CT molecular complexity index is 623. The predicted molar refractivity (Wildman–Crippen MR) is 86.5 cm³/mol. The van der Waals surface area contributed by atoms with Gasteiger partial charge >= 0.3 is 0 Å². The van der Waals surface area contributed by atoms with Crippen molar-refractivity contribution in [2.24, 2.45) is 7.05 Å². The van der Waals surface area contributed by atoms with Crippen molar-refractivity contribution in [3.63, 3.8) is 0 Å². The summed E-state index contributed by atoms with van der Waals surface area (Å²) in [7, 11) is 2.07. The zero-order valence-electron chi connectivity index (χ0n) is 13.4. The standard InChI is InChI=1S/C18H24N2O/c1-13-5-7-16(8-6-13)12-18(21)19-10-9-17-11-14(2)20(4)15(17)3/h5-8,11H,9-10,12H2,1-4H3,(H,19,21). The van der Waals surface area contributed by atoms with Crippen LogP contribution in [0.5, 0.6) is 0 Å². The monoisotopic (exact) mass is 284 g/mol. The lowest BCUT2D eigenvalue weighted by atomic mass is 10.1. The van der Waals surface area contributed by atoms with Crippen LogP contribution in [-0.4, -0.2) is 17.0 Å². The Morgan fingerprint density at radius 2 is 1.81 bits per heavy atom. The van der Waals surface area contributed by atoms with Crippen molar-refractivity contribution in [1.29, 1.82) is 0 Å². The fourth-order valence-corrected chi connectivity index (χ4v) is 2.48. The molecule has 0 saturated carbocycles. The molecule has 0 saturated heterocycles. The molecular formula is C18H24N2O. The van der Waals surface area contributed by atoms with Crippen LogP contribution < -0.4 is 5.32 Å². The van der Waals surface area contributed by atoms with E-state index in [-0.39, 0.29) is 5.91 Å². The molecule has 2 aromatic rings. The van der Waals surface area contributed by atoms with Gasteiger partial charge in [-0.25, -0.2) is 0 Å². The predicted octanol–water partition coefficient (Wildman–Crippen LogP) is 2.85. The van der Waals surface area contributed by atoms with Crippen molar-refractivity contribution in [1.82, 2.24) is 9.88 Å². The molecule has 3 nitrogen and oxygen atoms in total. The van der Waals surface area contributed by atoms with Crippen molar-refractivity contribution in [2.75, 3.05) is 6.54 Å². The summed E-state index contributed by atoms with van der Waals surface area (Å²) < 4.78 is 2.18. The van der Waals surface area contributed by atoms with Gasteiger partial charge in [0.2, 0.25) is 5.91 Å². The number of hydrogen-bond donors (Lipinski definition) is 1. The van der Waals surface area contributed by atoms with E-state index in [1.807, 2.05) is 31.2 Å². The number of nitrogens with one attached hydrogen (secondary N) is 1. The molecule has 0 atom stereocenters. The average molecular weight is 284 g/mol. The van der Waals surface area contributed by atoms with E-state index in [0.717, 1.165) is 12.0 Å². The maximum atomic E-state index is 11.9. The van der Waals surface area contributed by atoms with E-state index in [1.54, 1.807) is 0 Å². The SMILES string of the molecule is Cc1ccc(CC(=O)NCCc2cc(C)n(C)c2C)cc1. The molecule has 2 rings (SSSR count). The minimum absolute atomic E-state index is 0.0872. The maximum absolute atomic E-state index is 11.9. The van der Waals surface area contributed by atoms with Gasteiger partial charge in [0.05, 0.1) is 6.42 Å². The number of aryl methyl sites for hydroxylation is 2. The number of rotatable bonds is 5. The summed E-state index contributed by atoms with van der Waals surface area (Å²) in [6, 6.07) is 10.3. The summed E-state index contributed by atoms with van der Waals surface area (Å²) in [5, 5.41) is 3.00. The van der Waals surface area contributed by atoms with E-state index in [1.165, 1.54) is 22.5 Å². The molecule has 112 valence electrons. The zero-order chi connectivity index (χ0) is 15.4. The van der Waals surface area contributed by atoms with Crippen molar-refractivity contribution < 1.29 is 4.79 Å². The van der Waals surface area contributed by atoms with Crippen LogP contribution in [0, 0.1) is 20.8 Å².